The van der Waals surface area contributed by atoms with E-state index in [-0.39, 0.29) is 28.3 Å². The van der Waals surface area contributed by atoms with Crippen LogP contribution in [0.1, 0.15) is 36.6 Å². The number of halogens is 1. The zero-order valence-electron chi connectivity index (χ0n) is 13.9. The van der Waals surface area contributed by atoms with Crippen LogP contribution in [0.25, 0.3) is 11.7 Å². The van der Waals surface area contributed by atoms with E-state index >= 15 is 0 Å². The summed E-state index contributed by atoms with van der Waals surface area (Å²) in [7, 11) is -4.09. The third kappa shape index (κ3) is 3.10. The van der Waals surface area contributed by atoms with Crippen molar-refractivity contribution in [1.82, 2.24) is 10.2 Å². The molecule has 1 saturated carbocycles. The van der Waals surface area contributed by atoms with Crippen LogP contribution in [0.4, 0.5) is 10.1 Å². The second-order valence-corrected chi connectivity index (χ2v) is 7.89. The van der Waals surface area contributed by atoms with Gasteiger partial charge in [-0.3, -0.25) is 4.72 Å². The van der Waals surface area contributed by atoms with Crippen LogP contribution in [0.2, 0.25) is 0 Å². The molecule has 1 fully saturated rings. The Hall–Kier alpha value is -2.68. The number of hydrogen-bond acceptors (Lipinski definition) is 6. The number of anilines is 1. The highest BCUT2D eigenvalue weighted by molar-refractivity contribution is 7.92. The first-order valence-electron chi connectivity index (χ1n) is 8.15. The van der Waals surface area contributed by atoms with Crippen molar-refractivity contribution >= 4 is 15.7 Å². The third-order valence-electron chi connectivity index (χ3n) is 4.32. The van der Waals surface area contributed by atoms with Crippen molar-refractivity contribution in [3.8, 4) is 11.7 Å². The second-order valence-electron chi connectivity index (χ2n) is 6.28. The van der Waals surface area contributed by atoms with E-state index in [9.17, 15) is 12.8 Å². The van der Waals surface area contributed by atoms with Crippen LogP contribution in [0.15, 0.2) is 44.3 Å². The van der Waals surface area contributed by atoms with Crippen LogP contribution in [0, 0.1) is 12.7 Å². The van der Waals surface area contributed by atoms with E-state index in [0.29, 0.717) is 11.5 Å². The maximum absolute atomic E-state index is 13.9. The van der Waals surface area contributed by atoms with Crippen LogP contribution in [-0.2, 0) is 10.0 Å². The Bertz CT molecular complexity index is 1050. The number of nitrogens with zero attached hydrogens (tertiary/aromatic N) is 2. The Morgan fingerprint density at radius 2 is 1.96 bits per heavy atom. The molecule has 1 aliphatic rings. The molecule has 0 radical (unpaired) electrons. The smallest absolute Gasteiger partial charge is 0.295 e. The van der Waals surface area contributed by atoms with Crippen molar-refractivity contribution in [3.05, 3.63) is 47.6 Å². The minimum absolute atomic E-state index is 0.120. The summed E-state index contributed by atoms with van der Waals surface area (Å²) in [6.07, 6.45) is 3.14. The molecule has 136 valence electrons. The Morgan fingerprint density at radius 3 is 2.65 bits per heavy atom. The van der Waals surface area contributed by atoms with Gasteiger partial charge in [0.2, 0.25) is 11.0 Å². The fraction of sp³-hybridized carbons (Fsp3) is 0.294. The summed E-state index contributed by atoms with van der Waals surface area (Å²) >= 11 is 0. The normalized spacial score (nSPS) is 15.0. The van der Waals surface area contributed by atoms with Crippen LogP contribution < -0.4 is 4.72 Å². The van der Waals surface area contributed by atoms with Crippen molar-refractivity contribution in [2.45, 2.75) is 37.2 Å². The number of rotatable bonds is 5. The van der Waals surface area contributed by atoms with Gasteiger partial charge >= 0.3 is 0 Å². The summed E-state index contributed by atoms with van der Waals surface area (Å²) in [4.78, 5) is 0. The molecule has 2 heterocycles. The Labute approximate surface area is 149 Å². The van der Waals surface area contributed by atoms with E-state index in [0.717, 1.165) is 19.3 Å². The average Bonchev–Trinajstić information content (AvgIpc) is 3.17. The quantitative estimate of drug-likeness (QED) is 0.725. The number of sulfonamides is 1. The Morgan fingerprint density at radius 1 is 1.15 bits per heavy atom. The third-order valence-corrected chi connectivity index (χ3v) is 5.56. The van der Waals surface area contributed by atoms with E-state index < -0.39 is 15.8 Å². The molecule has 1 aliphatic carbocycles. The van der Waals surface area contributed by atoms with E-state index in [1.54, 1.807) is 13.0 Å². The van der Waals surface area contributed by atoms with Crippen molar-refractivity contribution in [1.29, 1.82) is 0 Å². The van der Waals surface area contributed by atoms with Crippen LogP contribution in [-0.4, -0.2) is 18.6 Å². The van der Waals surface area contributed by atoms with Gasteiger partial charge in [-0.25, -0.2) is 4.39 Å². The standard InChI is InChI=1S/C17H16FN3O4S/c1-10-5-6-13(12(18)9-10)21-26(22,23)15-8-7-14(24-15)17-20-19-16(25-17)11-3-2-4-11/h5-9,11,21H,2-4H2,1H3. The first kappa shape index (κ1) is 16.8. The number of hydrogen-bond donors (Lipinski definition) is 1. The number of aryl methyl sites for hydroxylation is 1. The number of nitrogens with one attached hydrogen (secondary N) is 1. The summed E-state index contributed by atoms with van der Waals surface area (Å²) in [6.45, 7) is 1.71. The second kappa shape index (κ2) is 6.24. The van der Waals surface area contributed by atoms with E-state index in [2.05, 4.69) is 14.9 Å². The average molecular weight is 377 g/mol. The molecule has 0 bridgehead atoms. The SMILES string of the molecule is Cc1ccc(NS(=O)(=O)c2ccc(-c3nnc(C4CCC4)o3)o2)c(F)c1. The molecule has 4 rings (SSSR count). The lowest BCUT2D eigenvalue weighted by atomic mass is 9.85. The molecule has 0 amide bonds. The van der Waals surface area contributed by atoms with Crippen LogP contribution >= 0.6 is 0 Å². The zero-order valence-corrected chi connectivity index (χ0v) is 14.7. The van der Waals surface area contributed by atoms with E-state index in [1.165, 1.54) is 24.3 Å². The summed E-state index contributed by atoms with van der Waals surface area (Å²) in [5.74, 6) is 0.401. The van der Waals surface area contributed by atoms with E-state index in [1.807, 2.05) is 0 Å². The Balaban J connectivity index is 1.57. The van der Waals surface area contributed by atoms with Gasteiger partial charge in [-0.2, -0.15) is 8.42 Å². The fourth-order valence-electron chi connectivity index (χ4n) is 2.63. The van der Waals surface area contributed by atoms with Gasteiger partial charge in [0.1, 0.15) is 5.82 Å². The van der Waals surface area contributed by atoms with Gasteiger partial charge < -0.3 is 8.83 Å². The number of aromatic nitrogens is 2. The van der Waals surface area contributed by atoms with E-state index in [4.69, 9.17) is 8.83 Å². The zero-order chi connectivity index (χ0) is 18.3. The van der Waals surface area contributed by atoms with Gasteiger partial charge in [-0.05, 0) is 49.6 Å². The molecule has 0 spiro atoms. The molecule has 3 aromatic rings. The molecule has 0 aliphatic heterocycles. The number of furan rings is 1. The molecule has 7 nitrogen and oxygen atoms in total. The highest BCUT2D eigenvalue weighted by atomic mass is 32.2. The van der Waals surface area contributed by atoms with Crippen LogP contribution in [0.3, 0.4) is 0 Å². The molecule has 0 unspecified atom stereocenters. The van der Waals surface area contributed by atoms with Gasteiger partial charge in [-0.1, -0.05) is 12.5 Å². The molecule has 0 saturated heterocycles. The lowest BCUT2D eigenvalue weighted by Crippen LogP contribution is -2.13. The van der Waals surface area contributed by atoms with Gasteiger partial charge in [-0.15, -0.1) is 10.2 Å². The first-order valence-corrected chi connectivity index (χ1v) is 9.63. The minimum atomic E-state index is -4.09. The maximum Gasteiger partial charge on any atom is 0.295 e. The van der Waals surface area contributed by atoms with Crippen molar-refractivity contribution in [2.24, 2.45) is 0 Å². The summed E-state index contributed by atoms with van der Waals surface area (Å²) < 4.78 is 51.8. The topological polar surface area (TPSA) is 98.2 Å². The number of benzene rings is 1. The molecule has 1 N–H and O–H groups in total. The van der Waals surface area contributed by atoms with Crippen molar-refractivity contribution in [2.75, 3.05) is 4.72 Å². The molecule has 2 aromatic heterocycles. The Kier molecular flexibility index (Phi) is 4.03. The molecule has 26 heavy (non-hydrogen) atoms. The first-order chi connectivity index (χ1) is 12.4. The molecule has 1 aromatic carbocycles. The lowest BCUT2D eigenvalue weighted by molar-refractivity contribution is 0.334. The van der Waals surface area contributed by atoms with Gasteiger partial charge in [0, 0.05) is 5.92 Å². The lowest BCUT2D eigenvalue weighted by Gasteiger charge is -2.20. The monoisotopic (exact) mass is 377 g/mol. The van der Waals surface area contributed by atoms with Crippen LogP contribution in [0.5, 0.6) is 0 Å². The molecule has 9 heteroatoms. The highest BCUT2D eigenvalue weighted by Crippen LogP contribution is 2.36. The molecule has 0 atom stereocenters. The van der Waals surface area contributed by atoms with Gasteiger partial charge in [0.15, 0.2) is 5.76 Å². The minimum Gasteiger partial charge on any atom is -0.438 e. The van der Waals surface area contributed by atoms with Crippen molar-refractivity contribution in [3.63, 3.8) is 0 Å². The van der Waals surface area contributed by atoms with Crippen molar-refractivity contribution < 1.29 is 21.6 Å². The molecular formula is C17H16FN3O4S. The predicted molar refractivity (Wildman–Crippen MR) is 90.5 cm³/mol. The summed E-state index contributed by atoms with van der Waals surface area (Å²) in [5, 5.41) is 7.52. The highest BCUT2D eigenvalue weighted by Gasteiger charge is 2.27. The summed E-state index contributed by atoms with van der Waals surface area (Å²) in [6, 6.07) is 6.89. The molecular weight excluding hydrogens is 361 g/mol. The largest absolute Gasteiger partial charge is 0.438 e. The van der Waals surface area contributed by atoms with Gasteiger partial charge in [0.25, 0.3) is 15.9 Å². The van der Waals surface area contributed by atoms with Gasteiger partial charge in [0.05, 0.1) is 5.69 Å². The predicted octanol–water partition coefficient (Wildman–Crippen LogP) is 3.85. The maximum atomic E-state index is 13.9. The fourth-order valence-corrected chi connectivity index (χ4v) is 3.63. The summed E-state index contributed by atoms with van der Waals surface area (Å²) in [5.41, 5.74) is 0.531.